The van der Waals surface area contributed by atoms with Crippen LogP contribution < -0.4 is 4.74 Å². The summed E-state index contributed by atoms with van der Waals surface area (Å²) in [6.07, 6.45) is 0. The Hall–Kier alpha value is -8.00. The lowest BCUT2D eigenvalue weighted by molar-refractivity contribution is 0.485. The highest BCUT2D eigenvalue weighted by atomic mass is 16.5. The number of hydrogen-bond acceptors (Lipinski definition) is 1. The first kappa shape index (κ1) is 66.9. The van der Waals surface area contributed by atoms with E-state index in [1.165, 1.54) is 178 Å². The molecule has 0 fully saturated rings. The van der Waals surface area contributed by atoms with Gasteiger partial charge in [0.25, 0.3) is 0 Å². The van der Waals surface area contributed by atoms with E-state index in [0.717, 1.165) is 22.6 Å². The van der Waals surface area contributed by atoms with Crippen LogP contribution in [0.15, 0.2) is 146 Å². The van der Waals surface area contributed by atoms with Crippen LogP contribution in [0.1, 0.15) is 182 Å². The fourth-order valence-electron chi connectivity index (χ4n) is 14.2. The summed E-state index contributed by atoms with van der Waals surface area (Å²) in [6, 6.07) is 54.9. The van der Waals surface area contributed by atoms with Gasteiger partial charge in [-0.15, -0.1) is 0 Å². The number of hydrogen-bond donors (Lipinski definition) is 0. The molecular weight excluding hydrogens is 1070 g/mol. The molecule has 1 nitrogen and oxygen atoms in total. The molecule has 10 rings (SSSR count). The van der Waals surface area contributed by atoms with Crippen molar-refractivity contribution in [1.82, 2.24) is 0 Å². The van der Waals surface area contributed by atoms with Gasteiger partial charge in [0.2, 0.25) is 0 Å². The van der Waals surface area contributed by atoms with Crippen LogP contribution in [0.5, 0.6) is 11.5 Å². The monoisotopic (exact) mass is 1170 g/mol. The third kappa shape index (κ3) is 15.4. The van der Waals surface area contributed by atoms with E-state index in [-0.39, 0.29) is 0 Å². The van der Waals surface area contributed by atoms with Gasteiger partial charge in [0.1, 0.15) is 11.5 Å². The summed E-state index contributed by atoms with van der Waals surface area (Å²) in [4.78, 5) is 0. The van der Waals surface area contributed by atoms with Gasteiger partial charge in [0, 0.05) is 11.1 Å². The van der Waals surface area contributed by atoms with Gasteiger partial charge in [-0.1, -0.05) is 190 Å². The maximum atomic E-state index is 6.82. The maximum Gasteiger partial charge on any atom is 0.143 e. The standard InChI is InChI=1S/C33H36O.C28H34.C27H32/c1-20(2)27-18-31(29-11-9-21(3)14-25(29)7)33(34-28-16-23(5)13-24(6)17-28)32(19-27)30-12-10-22(4)15-26(30)8;1-16(2)24-14-25(27-19(5)10-17(3)11-20(27)6)23(9)26(15-24)28-21(7)12-18(4)13-22(28)8;1-16(2)23-13-24(26-19(5)9-17(3)10-20(26)6)15-25(14-23)27-21(7)11-18(4)12-22(27)8/h9-20H,1-8H3;10-16H,1-9H3;9-16H,1-8H3. The molecule has 0 bridgehead atoms. The van der Waals surface area contributed by atoms with Crippen LogP contribution in [-0.4, -0.2) is 0 Å². The van der Waals surface area contributed by atoms with Crippen LogP contribution in [0.25, 0.3) is 66.8 Å². The van der Waals surface area contributed by atoms with Crippen LogP contribution in [-0.2, 0) is 0 Å². The van der Waals surface area contributed by atoms with Crippen molar-refractivity contribution in [3.8, 4) is 78.3 Å². The molecule has 0 saturated heterocycles. The van der Waals surface area contributed by atoms with Gasteiger partial charge < -0.3 is 4.74 Å². The Bertz CT molecular complexity index is 3940. The van der Waals surface area contributed by atoms with Gasteiger partial charge >= 0.3 is 0 Å². The molecule has 0 aromatic heterocycles. The molecule has 0 N–H and O–H groups in total. The second-order valence-electron chi connectivity index (χ2n) is 27.7. The predicted octanol–water partition coefficient (Wildman–Crippen LogP) is 26.1. The second-order valence-corrected chi connectivity index (χ2v) is 27.7. The Labute approximate surface area is 538 Å². The Morgan fingerprint density at radius 1 is 0.225 bits per heavy atom. The van der Waals surface area contributed by atoms with Crippen LogP contribution >= 0.6 is 0 Å². The third-order valence-electron chi connectivity index (χ3n) is 18.1. The van der Waals surface area contributed by atoms with Crippen molar-refractivity contribution in [1.29, 1.82) is 0 Å². The molecule has 0 aliphatic carbocycles. The molecule has 0 unspecified atom stereocenters. The SMILES string of the molecule is Cc1cc(C)c(-c2cc(-c3c(C)cc(C)cc3C)cc(C(C)C)c2)c(C)c1.Cc1cc(C)c(-c2cc(C(C)C)cc(-c3c(C)cc(C)cc3C)c2C)c(C)c1.Cc1cc(C)cc(Oc2c(-c3ccc(C)cc3C)cc(C(C)C)cc2-c2ccc(C)cc2C)c1. The van der Waals surface area contributed by atoms with Crippen LogP contribution in [0.3, 0.4) is 0 Å². The van der Waals surface area contributed by atoms with Gasteiger partial charge in [0.15, 0.2) is 0 Å². The van der Waals surface area contributed by atoms with E-state index in [0.29, 0.717) is 17.8 Å². The van der Waals surface area contributed by atoms with E-state index in [1.807, 2.05) is 0 Å². The van der Waals surface area contributed by atoms with Crippen LogP contribution in [0.4, 0.5) is 0 Å². The minimum atomic E-state index is 0.407. The minimum Gasteiger partial charge on any atom is -0.456 e. The summed E-state index contributed by atoms with van der Waals surface area (Å²) in [6.45, 7) is 55.6. The molecule has 0 aliphatic heterocycles. The molecule has 0 amide bonds. The third-order valence-corrected chi connectivity index (χ3v) is 18.1. The highest BCUT2D eigenvalue weighted by Gasteiger charge is 2.23. The van der Waals surface area contributed by atoms with Gasteiger partial charge in [-0.25, -0.2) is 0 Å². The zero-order valence-electron chi connectivity index (χ0n) is 59.0. The van der Waals surface area contributed by atoms with Crippen molar-refractivity contribution in [2.75, 3.05) is 0 Å². The molecule has 460 valence electrons. The summed E-state index contributed by atoms with van der Waals surface area (Å²) in [5, 5.41) is 0. The molecule has 1 heteroatoms. The molecule has 10 aromatic carbocycles. The average molecular weight is 1180 g/mol. The number of benzene rings is 10. The van der Waals surface area contributed by atoms with Crippen LogP contribution in [0, 0.1) is 132 Å². The fourth-order valence-corrected chi connectivity index (χ4v) is 14.2. The average Bonchev–Trinajstić information content (AvgIpc) is 1.15. The minimum absolute atomic E-state index is 0.407. The van der Waals surface area contributed by atoms with Gasteiger partial charge in [-0.2, -0.15) is 0 Å². The van der Waals surface area contributed by atoms with E-state index in [1.54, 1.807) is 0 Å². The second kappa shape index (κ2) is 27.8. The molecule has 0 atom stereocenters. The highest BCUT2D eigenvalue weighted by Crippen LogP contribution is 2.47. The fraction of sp³-hybridized carbons (Fsp3) is 0.318. The molecule has 0 spiro atoms. The normalized spacial score (nSPS) is 11.3. The Morgan fingerprint density at radius 3 is 0.798 bits per heavy atom. The predicted molar refractivity (Wildman–Crippen MR) is 391 cm³/mol. The maximum absolute atomic E-state index is 6.82. The van der Waals surface area contributed by atoms with Crippen molar-refractivity contribution < 1.29 is 4.74 Å². The highest BCUT2D eigenvalue weighted by molar-refractivity contribution is 5.88. The molecular formula is C88H102O. The summed E-state index contributed by atoms with van der Waals surface area (Å²) >= 11 is 0. The van der Waals surface area contributed by atoms with E-state index < -0.39 is 0 Å². The number of rotatable bonds is 11. The number of ether oxygens (including phenoxy) is 1. The smallest absolute Gasteiger partial charge is 0.143 e. The molecule has 0 aliphatic rings. The van der Waals surface area contributed by atoms with Crippen molar-refractivity contribution in [3.05, 3.63) is 268 Å². The van der Waals surface area contributed by atoms with Gasteiger partial charge in [-0.05, 0) is 324 Å². The molecule has 89 heavy (non-hydrogen) atoms. The first-order valence-corrected chi connectivity index (χ1v) is 32.6. The topological polar surface area (TPSA) is 9.23 Å². The van der Waals surface area contributed by atoms with Gasteiger partial charge in [-0.3, -0.25) is 0 Å². The number of aryl methyl sites for hydroxylation is 18. The van der Waals surface area contributed by atoms with Crippen molar-refractivity contribution in [3.63, 3.8) is 0 Å². The first-order chi connectivity index (χ1) is 41.9. The summed E-state index contributed by atoms with van der Waals surface area (Å²) in [5.74, 6) is 3.21. The Balaban J connectivity index is 0.000000174. The van der Waals surface area contributed by atoms with E-state index >= 15 is 0 Å². The largest absolute Gasteiger partial charge is 0.456 e. The van der Waals surface area contributed by atoms with Crippen molar-refractivity contribution in [2.24, 2.45) is 0 Å². The van der Waals surface area contributed by atoms with Gasteiger partial charge in [0.05, 0.1) is 0 Å². The lowest BCUT2D eigenvalue weighted by atomic mass is 9.82. The Morgan fingerprint density at radius 2 is 0.494 bits per heavy atom. The Kier molecular flexibility index (Phi) is 20.9. The summed E-state index contributed by atoms with van der Waals surface area (Å²) in [5.41, 5.74) is 45.0. The van der Waals surface area contributed by atoms with E-state index in [9.17, 15) is 0 Å². The first-order valence-electron chi connectivity index (χ1n) is 32.6. The van der Waals surface area contributed by atoms with Crippen molar-refractivity contribution >= 4 is 0 Å². The van der Waals surface area contributed by atoms with Crippen molar-refractivity contribution in [2.45, 2.75) is 191 Å². The van der Waals surface area contributed by atoms with E-state index in [2.05, 4.69) is 319 Å². The molecule has 0 heterocycles. The van der Waals surface area contributed by atoms with Crippen LogP contribution in [0.2, 0.25) is 0 Å². The zero-order chi connectivity index (χ0) is 65.2. The summed E-state index contributed by atoms with van der Waals surface area (Å²) < 4.78 is 6.82. The molecule has 0 radical (unpaired) electrons. The quantitative estimate of drug-likeness (QED) is 0.125. The lowest BCUT2D eigenvalue weighted by Crippen LogP contribution is -2.00. The molecule has 0 saturated carbocycles. The zero-order valence-corrected chi connectivity index (χ0v) is 59.0. The summed E-state index contributed by atoms with van der Waals surface area (Å²) in [7, 11) is 0. The molecule has 10 aromatic rings. The lowest BCUT2D eigenvalue weighted by Gasteiger charge is -2.22. The van der Waals surface area contributed by atoms with E-state index in [4.69, 9.17) is 4.74 Å².